The van der Waals surface area contributed by atoms with Gasteiger partial charge in [-0.1, -0.05) is 13.0 Å². The minimum Gasteiger partial charge on any atom is -0.493 e. The number of nitrogens with one attached hydrogen (secondary N) is 2. The summed E-state index contributed by atoms with van der Waals surface area (Å²) in [6, 6.07) is 9.71. The second-order valence-corrected chi connectivity index (χ2v) is 6.17. The third-order valence-corrected chi connectivity index (χ3v) is 3.96. The van der Waals surface area contributed by atoms with Crippen LogP contribution in [0.15, 0.2) is 46.0 Å². The van der Waals surface area contributed by atoms with Crippen LogP contribution in [0.5, 0.6) is 11.5 Å². The fraction of sp³-hybridized carbons (Fsp3) is 0.476. The lowest BCUT2D eigenvalue weighted by molar-refractivity contribution is 0.105. The van der Waals surface area contributed by atoms with Gasteiger partial charge < -0.3 is 29.3 Å². The van der Waals surface area contributed by atoms with Gasteiger partial charge in [-0.2, -0.15) is 0 Å². The number of furan rings is 1. The molecule has 1 aromatic heterocycles. The van der Waals surface area contributed by atoms with Gasteiger partial charge in [0.25, 0.3) is 0 Å². The highest BCUT2D eigenvalue weighted by molar-refractivity contribution is 14.0. The van der Waals surface area contributed by atoms with Crippen molar-refractivity contribution in [3.05, 3.63) is 47.9 Å². The zero-order valence-corrected chi connectivity index (χ0v) is 19.7. The van der Waals surface area contributed by atoms with Crippen molar-refractivity contribution in [2.24, 2.45) is 4.99 Å². The normalized spacial score (nSPS) is 10.9. The van der Waals surface area contributed by atoms with E-state index in [4.69, 9.17) is 18.6 Å². The average Bonchev–Trinajstić information content (AvgIpc) is 3.25. The average molecular weight is 517 g/mol. The van der Waals surface area contributed by atoms with Crippen LogP contribution in [0.1, 0.15) is 31.1 Å². The summed E-state index contributed by atoms with van der Waals surface area (Å²) in [5.41, 5.74) is 1.09. The second-order valence-electron chi connectivity index (χ2n) is 6.17. The Morgan fingerprint density at radius 1 is 1.14 bits per heavy atom. The molecule has 8 heteroatoms. The summed E-state index contributed by atoms with van der Waals surface area (Å²) < 4.78 is 21.9. The minimum atomic E-state index is 0. The Balaban J connectivity index is 0.00000420. The zero-order chi connectivity index (χ0) is 20.0. The van der Waals surface area contributed by atoms with Gasteiger partial charge in [0.05, 0.1) is 20.0 Å². The lowest BCUT2D eigenvalue weighted by atomic mass is 10.2. The van der Waals surface area contributed by atoms with Crippen molar-refractivity contribution < 1.29 is 18.6 Å². The molecule has 0 aliphatic rings. The SMILES string of the molecule is CCCOc1ccc(CNC(=NC)NCCCOCc2ccco2)cc1OC.I. The van der Waals surface area contributed by atoms with Crippen molar-refractivity contribution in [2.75, 3.05) is 33.9 Å². The van der Waals surface area contributed by atoms with Crippen LogP contribution in [0.2, 0.25) is 0 Å². The van der Waals surface area contributed by atoms with E-state index in [1.54, 1.807) is 20.4 Å². The molecule has 0 unspecified atom stereocenters. The molecule has 0 fully saturated rings. The van der Waals surface area contributed by atoms with Crippen LogP contribution in [-0.2, 0) is 17.9 Å². The molecular formula is C21H32IN3O4. The molecular weight excluding hydrogens is 485 g/mol. The van der Waals surface area contributed by atoms with Gasteiger partial charge >= 0.3 is 0 Å². The van der Waals surface area contributed by atoms with Crippen LogP contribution in [0, 0.1) is 0 Å². The molecule has 0 spiro atoms. The number of rotatable bonds is 12. The van der Waals surface area contributed by atoms with Crippen molar-refractivity contribution in [2.45, 2.75) is 32.9 Å². The molecule has 1 heterocycles. The molecule has 0 atom stereocenters. The predicted octanol–water partition coefficient (Wildman–Crippen LogP) is 3.97. The Morgan fingerprint density at radius 2 is 2.00 bits per heavy atom. The van der Waals surface area contributed by atoms with Crippen LogP contribution in [0.4, 0.5) is 0 Å². The molecule has 162 valence electrons. The summed E-state index contributed by atoms with van der Waals surface area (Å²) >= 11 is 0. The smallest absolute Gasteiger partial charge is 0.191 e. The van der Waals surface area contributed by atoms with E-state index in [-0.39, 0.29) is 24.0 Å². The van der Waals surface area contributed by atoms with Gasteiger partial charge in [0.1, 0.15) is 12.4 Å². The summed E-state index contributed by atoms with van der Waals surface area (Å²) in [5, 5.41) is 6.58. The molecule has 0 bridgehead atoms. The molecule has 0 aliphatic carbocycles. The van der Waals surface area contributed by atoms with Gasteiger partial charge in [0.15, 0.2) is 17.5 Å². The highest BCUT2D eigenvalue weighted by atomic mass is 127. The van der Waals surface area contributed by atoms with Crippen LogP contribution in [0.3, 0.4) is 0 Å². The topological polar surface area (TPSA) is 77.2 Å². The van der Waals surface area contributed by atoms with Crippen molar-refractivity contribution in [3.8, 4) is 11.5 Å². The predicted molar refractivity (Wildman–Crippen MR) is 125 cm³/mol. The van der Waals surface area contributed by atoms with Crippen LogP contribution in [0.25, 0.3) is 0 Å². The van der Waals surface area contributed by atoms with E-state index in [1.165, 1.54) is 0 Å². The molecule has 29 heavy (non-hydrogen) atoms. The number of halogens is 1. The van der Waals surface area contributed by atoms with E-state index < -0.39 is 0 Å². The van der Waals surface area contributed by atoms with Crippen LogP contribution in [-0.4, -0.2) is 39.9 Å². The number of hydrogen-bond acceptors (Lipinski definition) is 5. The molecule has 2 rings (SSSR count). The highest BCUT2D eigenvalue weighted by Crippen LogP contribution is 2.28. The first-order valence-electron chi connectivity index (χ1n) is 9.61. The number of guanidine groups is 1. The molecule has 7 nitrogen and oxygen atoms in total. The molecule has 0 saturated heterocycles. The third-order valence-electron chi connectivity index (χ3n) is 3.96. The molecule has 2 aromatic rings. The molecule has 2 N–H and O–H groups in total. The molecule has 0 saturated carbocycles. The molecule has 0 aliphatic heterocycles. The maximum Gasteiger partial charge on any atom is 0.191 e. The first-order chi connectivity index (χ1) is 13.8. The zero-order valence-electron chi connectivity index (χ0n) is 17.4. The largest absolute Gasteiger partial charge is 0.493 e. The number of hydrogen-bond donors (Lipinski definition) is 2. The number of methoxy groups -OCH3 is 1. The van der Waals surface area contributed by atoms with Gasteiger partial charge in [0, 0.05) is 26.7 Å². The monoisotopic (exact) mass is 517 g/mol. The number of ether oxygens (including phenoxy) is 3. The number of nitrogens with zero attached hydrogens (tertiary/aromatic N) is 1. The van der Waals surface area contributed by atoms with E-state index in [1.807, 2.05) is 30.3 Å². The Kier molecular flexibility index (Phi) is 13.0. The lowest BCUT2D eigenvalue weighted by Crippen LogP contribution is -2.37. The summed E-state index contributed by atoms with van der Waals surface area (Å²) in [5.74, 6) is 3.10. The fourth-order valence-electron chi connectivity index (χ4n) is 2.51. The van der Waals surface area contributed by atoms with Crippen molar-refractivity contribution in [1.29, 1.82) is 0 Å². The van der Waals surface area contributed by atoms with E-state index >= 15 is 0 Å². The fourth-order valence-corrected chi connectivity index (χ4v) is 2.51. The quantitative estimate of drug-likeness (QED) is 0.192. The number of aliphatic imine (C=N–C) groups is 1. The van der Waals surface area contributed by atoms with Crippen molar-refractivity contribution >= 4 is 29.9 Å². The Hall–Kier alpha value is -1.94. The van der Waals surface area contributed by atoms with E-state index in [0.717, 1.165) is 48.2 Å². The van der Waals surface area contributed by atoms with E-state index in [9.17, 15) is 0 Å². The summed E-state index contributed by atoms with van der Waals surface area (Å²) in [6.07, 6.45) is 3.48. The lowest BCUT2D eigenvalue weighted by Gasteiger charge is -2.14. The highest BCUT2D eigenvalue weighted by Gasteiger charge is 2.06. The van der Waals surface area contributed by atoms with Gasteiger partial charge in [-0.3, -0.25) is 4.99 Å². The summed E-state index contributed by atoms with van der Waals surface area (Å²) in [7, 11) is 3.41. The summed E-state index contributed by atoms with van der Waals surface area (Å²) in [4.78, 5) is 4.24. The van der Waals surface area contributed by atoms with Gasteiger partial charge in [0.2, 0.25) is 0 Å². The first-order valence-corrected chi connectivity index (χ1v) is 9.61. The molecule has 0 radical (unpaired) electrons. The molecule has 1 aromatic carbocycles. The first kappa shape index (κ1) is 25.1. The van der Waals surface area contributed by atoms with E-state index in [0.29, 0.717) is 26.4 Å². The standard InChI is InChI=1S/C21H31N3O4.HI/c1-4-11-28-19-9-8-17(14-20(19)25-3)15-24-21(22-2)23-10-6-12-26-16-18-7-5-13-27-18;/h5,7-9,13-14H,4,6,10-12,15-16H2,1-3H3,(H2,22,23,24);1H. The third kappa shape index (κ3) is 9.40. The van der Waals surface area contributed by atoms with Crippen LogP contribution < -0.4 is 20.1 Å². The maximum absolute atomic E-state index is 5.69. The van der Waals surface area contributed by atoms with Crippen LogP contribution >= 0.6 is 24.0 Å². The van der Waals surface area contributed by atoms with Gasteiger partial charge in [-0.25, -0.2) is 0 Å². The second kappa shape index (κ2) is 15.0. The van der Waals surface area contributed by atoms with Crippen molar-refractivity contribution in [1.82, 2.24) is 10.6 Å². The van der Waals surface area contributed by atoms with E-state index in [2.05, 4.69) is 22.5 Å². The maximum atomic E-state index is 5.69. The minimum absolute atomic E-state index is 0. The number of benzene rings is 1. The van der Waals surface area contributed by atoms with Gasteiger partial charge in [-0.05, 0) is 42.7 Å². The Labute approximate surface area is 190 Å². The van der Waals surface area contributed by atoms with Crippen molar-refractivity contribution in [3.63, 3.8) is 0 Å². The van der Waals surface area contributed by atoms with Gasteiger partial charge in [-0.15, -0.1) is 24.0 Å². The summed E-state index contributed by atoms with van der Waals surface area (Å²) in [6.45, 7) is 5.31. The Bertz CT molecular complexity index is 708. The Morgan fingerprint density at radius 3 is 2.69 bits per heavy atom. The molecule has 0 amide bonds.